The number of nitrogens with one attached hydrogen (secondary N) is 1. The predicted octanol–water partition coefficient (Wildman–Crippen LogP) is 0.533. The Hall–Kier alpha value is -0.610. The summed E-state index contributed by atoms with van der Waals surface area (Å²) in [5, 5.41) is 11.9. The molecule has 1 rings (SSSR count). The minimum Gasteiger partial charge on any atom is -0.480 e. The molecule has 1 heterocycles. The molecule has 0 aliphatic carbocycles. The quantitative estimate of drug-likeness (QED) is 0.695. The molecule has 4 nitrogen and oxygen atoms in total. The van der Waals surface area contributed by atoms with Gasteiger partial charge < -0.3 is 15.3 Å². The van der Waals surface area contributed by atoms with E-state index in [1.165, 1.54) is 0 Å². The van der Waals surface area contributed by atoms with E-state index in [2.05, 4.69) is 17.1 Å². The van der Waals surface area contributed by atoms with Gasteiger partial charge >= 0.3 is 5.97 Å². The summed E-state index contributed by atoms with van der Waals surface area (Å²) in [6, 6.07) is -0.0911. The van der Waals surface area contributed by atoms with Gasteiger partial charge in [-0.05, 0) is 32.9 Å². The molecule has 2 N–H and O–H groups in total. The molecule has 0 spiro atoms. The van der Waals surface area contributed by atoms with Gasteiger partial charge in [0.15, 0.2) is 0 Å². The van der Waals surface area contributed by atoms with Crippen LogP contribution in [0.25, 0.3) is 0 Å². The Bertz CT molecular complexity index is 197. The normalized spacial score (nSPS) is 26.0. The van der Waals surface area contributed by atoms with Crippen LogP contribution in [0.4, 0.5) is 0 Å². The van der Waals surface area contributed by atoms with Crippen molar-refractivity contribution in [3.63, 3.8) is 0 Å². The molecule has 0 radical (unpaired) electrons. The van der Waals surface area contributed by atoms with Crippen LogP contribution in [-0.4, -0.2) is 47.7 Å². The molecule has 2 unspecified atom stereocenters. The van der Waals surface area contributed by atoms with Gasteiger partial charge in [-0.2, -0.15) is 0 Å². The Kier molecular flexibility index (Phi) is 4.35. The van der Waals surface area contributed by atoms with Crippen molar-refractivity contribution in [3.05, 3.63) is 0 Å². The Morgan fingerprint density at radius 2 is 2.43 bits per heavy atom. The highest BCUT2D eigenvalue weighted by Crippen LogP contribution is 2.09. The third-order valence-corrected chi connectivity index (χ3v) is 2.81. The van der Waals surface area contributed by atoms with Gasteiger partial charge in [0.25, 0.3) is 0 Å². The maximum Gasteiger partial charge on any atom is 0.320 e. The standard InChI is InChI=1S/C10H20N2O2/c1-3-12-6-4-5-9(7-12)11-8(2)10(13)14/h8-9,11H,3-7H2,1-2H3,(H,13,14). The third-order valence-electron chi connectivity index (χ3n) is 2.81. The number of carboxylic acids is 1. The minimum atomic E-state index is -0.765. The molecule has 1 aliphatic heterocycles. The molecule has 4 heteroatoms. The molecule has 0 saturated carbocycles. The average molecular weight is 200 g/mol. The van der Waals surface area contributed by atoms with Crippen molar-refractivity contribution in [1.82, 2.24) is 10.2 Å². The summed E-state index contributed by atoms with van der Waals surface area (Å²) in [6.07, 6.45) is 2.26. The van der Waals surface area contributed by atoms with E-state index in [1.807, 2.05) is 0 Å². The number of piperidine rings is 1. The second-order valence-corrected chi connectivity index (χ2v) is 3.96. The first-order chi connectivity index (χ1) is 6.63. The average Bonchev–Trinajstić information content (AvgIpc) is 2.18. The Balaban J connectivity index is 2.33. The minimum absolute atomic E-state index is 0.342. The van der Waals surface area contributed by atoms with Crippen molar-refractivity contribution in [2.45, 2.75) is 38.8 Å². The number of likely N-dealkylation sites (tertiary alicyclic amines) is 1. The van der Waals surface area contributed by atoms with Gasteiger partial charge in [0.05, 0.1) is 0 Å². The molecule has 2 atom stereocenters. The zero-order chi connectivity index (χ0) is 10.6. The molecule has 0 amide bonds. The van der Waals surface area contributed by atoms with Crippen molar-refractivity contribution in [3.8, 4) is 0 Å². The first kappa shape index (κ1) is 11.5. The van der Waals surface area contributed by atoms with Gasteiger partial charge in [-0.25, -0.2) is 0 Å². The van der Waals surface area contributed by atoms with Crippen LogP contribution in [0.15, 0.2) is 0 Å². The van der Waals surface area contributed by atoms with Crippen molar-refractivity contribution < 1.29 is 9.90 Å². The van der Waals surface area contributed by atoms with E-state index in [9.17, 15) is 4.79 Å². The molecular weight excluding hydrogens is 180 g/mol. The Morgan fingerprint density at radius 3 is 3.00 bits per heavy atom. The Morgan fingerprint density at radius 1 is 1.71 bits per heavy atom. The highest BCUT2D eigenvalue weighted by atomic mass is 16.4. The fraction of sp³-hybridized carbons (Fsp3) is 0.900. The van der Waals surface area contributed by atoms with E-state index in [1.54, 1.807) is 6.92 Å². The van der Waals surface area contributed by atoms with Crippen LogP contribution in [0, 0.1) is 0 Å². The SMILES string of the molecule is CCN1CCCC(NC(C)C(=O)O)C1. The van der Waals surface area contributed by atoms with Crippen LogP contribution in [0.5, 0.6) is 0 Å². The molecule has 14 heavy (non-hydrogen) atoms. The molecular formula is C10H20N2O2. The summed E-state index contributed by atoms with van der Waals surface area (Å²) < 4.78 is 0. The van der Waals surface area contributed by atoms with Crippen molar-refractivity contribution >= 4 is 5.97 Å². The van der Waals surface area contributed by atoms with Gasteiger partial charge in [0.1, 0.15) is 6.04 Å². The van der Waals surface area contributed by atoms with Gasteiger partial charge in [-0.3, -0.25) is 4.79 Å². The molecule has 1 saturated heterocycles. The van der Waals surface area contributed by atoms with E-state index in [0.717, 1.165) is 32.5 Å². The van der Waals surface area contributed by atoms with Crippen LogP contribution in [0.2, 0.25) is 0 Å². The molecule has 1 fully saturated rings. The smallest absolute Gasteiger partial charge is 0.320 e. The largest absolute Gasteiger partial charge is 0.480 e. The summed E-state index contributed by atoms with van der Waals surface area (Å²) in [4.78, 5) is 13.0. The van der Waals surface area contributed by atoms with E-state index < -0.39 is 12.0 Å². The monoisotopic (exact) mass is 200 g/mol. The highest BCUT2D eigenvalue weighted by Gasteiger charge is 2.21. The lowest BCUT2D eigenvalue weighted by molar-refractivity contribution is -0.139. The van der Waals surface area contributed by atoms with Crippen LogP contribution in [0.1, 0.15) is 26.7 Å². The summed E-state index contributed by atoms with van der Waals surface area (Å²) in [7, 11) is 0. The number of carboxylic acid groups (broad SMARTS) is 1. The lowest BCUT2D eigenvalue weighted by Gasteiger charge is -2.33. The van der Waals surface area contributed by atoms with E-state index in [0.29, 0.717) is 6.04 Å². The van der Waals surface area contributed by atoms with Gasteiger partial charge in [-0.15, -0.1) is 0 Å². The first-order valence-corrected chi connectivity index (χ1v) is 5.34. The topological polar surface area (TPSA) is 52.6 Å². The third kappa shape index (κ3) is 3.27. The molecule has 82 valence electrons. The summed E-state index contributed by atoms with van der Waals surface area (Å²) in [5.41, 5.74) is 0. The number of likely N-dealkylation sites (N-methyl/N-ethyl adjacent to an activating group) is 1. The van der Waals surface area contributed by atoms with Gasteiger partial charge in [0, 0.05) is 12.6 Å². The molecule has 0 bridgehead atoms. The zero-order valence-corrected chi connectivity index (χ0v) is 8.99. The molecule has 0 aromatic carbocycles. The maximum absolute atomic E-state index is 10.6. The Labute approximate surface area is 85.3 Å². The lowest BCUT2D eigenvalue weighted by Crippen LogP contribution is -2.50. The molecule has 1 aliphatic rings. The maximum atomic E-state index is 10.6. The van der Waals surface area contributed by atoms with Crippen molar-refractivity contribution in [2.75, 3.05) is 19.6 Å². The molecule has 0 aromatic heterocycles. The second-order valence-electron chi connectivity index (χ2n) is 3.96. The first-order valence-electron chi connectivity index (χ1n) is 5.34. The second kappa shape index (κ2) is 5.32. The summed E-state index contributed by atoms with van der Waals surface area (Å²) in [6.45, 7) is 7.03. The number of hydrogen-bond acceptors (Lipinski definition) is 3. The van der Waals surface area contributed by atoms with Crippen LogP contribution < -0.4 is 5.32 Å². The van der Waals surface area contributed by atoms with Gasteiger partial charge in [-0.1, -0.05) is 6.92 Å². The summed E-state index contributed by atoms with van der Waals surface area (Å²) >= 11 is 0. The number of rotatable bonds is 4. The number of aliphatic carboxylic acids is 1. The number of carbonyl (C=O) groups is 1. The van der Waals surface area contributed by atoms with Gasteiger partial charge in [0.2, 0.25) is 0 Å². The van der Waals surface area contributed by atoms with Crippen molar-refractivity contribution in [1.29, 1.82) is 0 Å². The van der Waals surface area contributed by atoms with E-state index in [-0.39, 0.29) is 0 Å². The lowest BCUT2D eigenvalue weighted by atomic mass is 10.0. The van der Waals surface area contributed by atoms with Crippen LogP contribution in [0.3, 0.4) is 0 Å². The predicted molar refractivity (Wildman–Crippen MR) is 55.4 cm³/mol. The zero-order valence-electron chi connectivity index (χ0n) is 8.99. The molecule has 0 aromatic rings. The number of nitrogens with zero attached hydrogens (tertiary/aromatic N) is 1. The number of hydrogen-bond donors (Lipinski definition) is 2. The fourth-order valence-corrected chi connectivity index (χ4v) is 1.90. The summed E-state index contributed by atoms with van der Waals surface area (Å²) in [5.74, 6) is -0.765. The van der Waals surface area contributed by atoms with E-state index in [4.69, 9.17) is 5.11 Å². The van der Waals surface area contributed by atoms with Crippen LogP contribution >= 0.6 is 0 Å². The van der Waals surface area contributed by atoms with Crippen LogP contribution in [-0.2, 0) is 4.79 Å². The fourth-order valence-electron chi connectivity index (χ4n) is 1.90. The van der Waals surface area contributed by atoms with E-state index >= 15 is 0 Å². The van der Waals surface area contributed by atoms with Crippen molar-refractivity contribution in [2.24, 2.45) is 0 Å². The highest BCUT2D eigenvalue weighted by molar-refractivity contribution is 5.72.